The van der Waals surface area contributed by atoms with Crippen LogP contribution in [0.3, 0.4) is 0 Å². The first-order valence-corrected chi connectivity index (χ1v) is 2.97. The average Bonchev–Trinajstić information content (AvgIpc) is 1.87. The molecule has 0 atom stereocenters. The molecule has 0 aliphatic carbocycles. The first kappa shape index (κ1) is 8.30. The molecule has 2 nitrogen and oxygen atoms in total. The van der Waals surface area contributed by atoms with Crippen LogP contribution in [0.25, 0.3) is 0 Å². The summed E-state index contributed by atoms with van der Waals surface area (Å²) in [4.78, 5) is 0. The SMILES string of the molecule is CC1=CSN(N)C1.Cl. The number of hydrogen-bond donors (Lipinski definition) is 1. The van der Waals surface area contributed by atoms with Crippen molar-refractivity contribution in [1.82, 2.24) is 4.41 Å². The van der Waals surface area contributed by atoms with Gasteiger partial charge in [-0.2, -0.15) is 4.41 Å². The van der Waals surface area contributed by atoms with E-state index in [0.29, 0.717) is 0 Å². The first-order chi connectivity index (χ1) is 3.29. The van der Waals surface area contributed by atoms with Gasteiger partial charge in [-0.15, -0.1) is 12.4 Å². The van der Waals surface area contributed by atoms with Gasteiger partial charge < -0.3 is 0 Å². The summed E-state index contributed by atoms with van der Waals surface area (Å²) in [5.41, 5.74) is 1.34. The molecule has 0 saturated carbocycles. The fraction of sp³-hybridized carbons (Fsp3) is 0.500. The number of hydrazine groups is 1. The van der Waals surface area contributed by atoms with Crippen molar-refractivity contribution in [2.24, 2.45) is 5.84 Å². The largest absolute Gasteiger partial charge is 0.258 e. The zero-order valence-corrected chi connectivity index (χ0v) is 6.26. The Balaban J connectivity index is 0.000000490. The van der Waals surface area contributed by atoms with E-state index in [4.69, 9.17) is 5.84 Å². The van der Waals surface area contributed by atoms with E-state index in [1.165, 1.54) is 5.57 Å². The van der Waals surface area contributed by atoms with Crippen LogP contribution in [0, 0.1) is 0 Å². The molecule has 0 bridgehead atoms. The Hall–Kier alpha value is 0.300. The van der Waals surface area contributed by atoms with Gasteiger partial charge >= 0.3 is 0 Å². The second-order valence-electron chi connectivity index (χ2n) is 1.64. The molecule has 1 rings (SSSR count). The Morgan fingerprint density at radius 1 is 1.88 bits per heavy atom. The zero-order chi connectivity index (χ0) is 5.28. The molecule has 0 unspecified atom stereocenters. The molecular weight excluding hydrogens is 144 g/mol. The van der Waals surface area contributed by atoms with Crippen LogP contribution in [0.1, 0.15) is 6.92 Å². The van der Waals surface area contributed by atoms with E-state index in [1.807, 2.05) is 0 Å². The lowest BCUT2D eigenvalue weighted by Gasteiger charge is -2.01. The molecule has 0 fully saturated rings. The minimum atomic E-state index is 0. The maximum Gasteiger partial charge on any atom is 0.0462 e. The van der Waals surface area contributed by atoms with Gasteiger partial charge in [-0.25, -0.2) is 0 Å². The molecule has 0 radical (unpaired) electrons. The number of rotatable bonds is 0. The molecule has 0 aromatic rings. The van der Waals surface area contributed by atoms with Gasteiger partial charge in [0.15, 0.2) is 0 Å². The summed E-state index contributed by atoms with van der Waals surface area (Å²) in [6.07, 6.45) is 0. The molecular formula is C4H9ClN2S. The lowest BCUT2D eigenvalue weighted by Crippen LogP contribution is -2.20. The van der Waals surface area contributed by atoms with Crippen LogP contribution in [0.2, 0.25) is 0 Å². The second kappa shape index (κ2) is 3.35. The normalized spacial score (nSPS) is 20.0. The third kappa shape index (κ3) is 2.05. The van der Waals surface area contributed by atoms with Crippen LogP contribution in [-0.2, 0) is 0 Å². The molecule has 8 heavy (non-hydrogen) atoms. The molecule has 48 valence electrons. The van der Waals surface area contributed by atoms with Gasteiger partial charge in [-0.1, -0.05) is 0 Å². The summed E-state index contributed by atoms with van der Waals surface area (Å²) in [6.45, 7) is 2.98. The van der Waals surface area contributed by atoms with Crippen molar-refractivity contribution in [3.63, 3.8) is 0 Å². The van der Waals surface area contributed by atoms with Gasteiger partial charge in [0.25, 0.3) is 0 Å². The number of nitrogens with zero attached hydrogens (tertiary/aromatic N) is 1. The molecule has 0 spiro atoms. The molecule has 0 aromatic heterocycles. The van der Waals surface area contributed by atoms with Crippen molar-refractivity contribution in [3.8, 4) is 0 Å². The van der Waals surface area contributed by atoms with Crippen molar-refractivity contribution in [2.45, 2.75) is 6.92 Å². The Kier molecular flexibility index (Phi) is 3.48. The van der Waals surface area contributed by atoms with Crippen molar-refractivity contribution >= 4 is 24.4 Å². The molecule has 0 aromatic carbocycles. The van der Waals surface area contributed by atoms with E-state index < -0.39 is 0 Å². The summed E-state index contributed by atoms with van der Waals surface area (Å²) in [6, 6.07) is 0. The van der Waals surface area contributed by atoms with Gasteiger partial charge in [0.05, 0.1) is 0 Å². The quantitative estimate of drug-likeness (QED) is 0.417. The number of nitrogens with two attached hydrogens (primary N) is 1. The Morgan fingerprint density at radius 3 is 2.62 bits per heavy atom. The van der Waals surface area contributed by atoms with E-state index in [0.717, 1.165) is 6.54 Å². The van der Waals surface area contributed by atoms with Crippen molar-refractivity contribution in [2.75, 3.05) is 6.54 Å². The first-order valence-electron chi connectivity index (χ1n) is 2.13. The fourth-order valence-electron chi connectivity index (χ4n) is 0.478. The maximum atomic E-state index is 5.37. The number of halogens is 1. The average molecular weight is 153 g/mol. The second-order valence-corrected chi connectivity index (χ2v) is 2.56. The Bertz CT molecular complexity index is 104. The lowest BCUT2D eigenvalue weighted by molar-refractivity contribution is 0.554. The minimum Gasteiger partial charge on any atom is -0.258 e. The molecule has 0 amide bonds. The molecule has 2 N–H and O–H groups in total. The molecule has 4 heteroatoms. The monoisotopic (exact) mass is 152 g/mol. The van der Waals surface area contributed by atoms with Gasteiger partial charge in [-0.3, -0.25) is 5.84 Å². The fourth-order valence-corrected chi connectivity index (χ4v) is 1.15. The highest BCUT2D eigenvalue weighted by atomic mass is 35.5. The lowest BCUT2D eigenvalue weighted by atomic mass is 10.4. The molecule has 1 aliphatic rings. The van der Waals surface area contributed by atoms with Crippen LogP contribution in [0.15, 0.2) is 11.0 Å². The maximum absolute atomic E-state index is 5.37. The number of hydrogen-bond acceptors (Lipinski definition) is 3. The van der Waals surface area contributed by atoms with Crippen LogP contribution in [-0.4, -0.2) is 11.0 Å². The van der Waals surface area contributed by atoms with E-state index in [-0.39, 0.29) is 12.4 Å². The van der Waals surface area contributed by atoms with Gasteiger partial charge in [0, 0.05) is 6.54 Å². The zero-order valence-electron chi connectivity index (χ0n) is 4.63. The minimum absolute atomic E-state index is 0. The van der Waals surface area contributed by atoms with E-state index >= 15 is 0 Å². The Labute approximate surface area is 59.6 Å². The summed E-state index contributed by atoms with van der Waals surface area (Å²) < 4.78 is 1.70. The van der Waals surface area contributed by atoms with Gasteiger partial charge in [0.2, 0.25) is 0 Å². The third-order valence-corrected chi connectivity index (χ3v) is 1.70. The Morgan fingerprint density at radius 2 is 2.50 bits per heavy atom. The smallest absolute Gasteiger partial charge is 0.0462 e. The highest BCUT2D eigenvalue weighted by Crippen LogP contribution is 2.18. The van der Waals surface area contributed by atoms with Gasteiger partial charge in [-0.05, 0) is 29.9 Å². The van der Waals surface area contributed by atoms with E-state index in [9.17, 15) is 0 Å². The predicted octanol–water partition coefficient (Wildman–Crippen LogP) is 1.15. The van der Waals surface area contributed by atoms with Crippen molar-refractivity contribution < 1.29 is 0 Å². The molecule has 1 aliphatic heterocycles. The summed E-state index contributed by atoms with van der Waals surface area (Å²) >= 11 is 1.55. The van der Waals surface area contributed by atoms with Crippen molar-refractivity contribution in [3.05, 3.63) is 11.0 Å². The van der Waals surface area contributed by atoms with Gasteiger partial charge in [0.1, 0.15) is 0 Å². The van der Waals surface area contributed by atoms with Crippen molar-refractivity contribution in [1.29, 1.82) is 0 Å². The van der Waals surface area contributed by atoms with Crippen LogP contribution >= 0.6 is 24.4 Å². The highest BCUT2D eigenvalue weighted by Gasteiger charge is 2.04. The molecule has 0 saturated heterocycles. The third-order valence-electron chi connectivity index (χ3n) is 0.795. The summed E-state index contributed by atoms with van der Waals surface area (Å²) in [5, 5.41) is 2.06. The van der Waals surface area contributed by atoms with E-state index in [1.54, 1.807) is 16.4 Å². The highest BCUT2D eigenvalue weighted by molar-refractivity contribution is 8.00. The van der Waals surface area contributed by atoms with Crippen LogP contribution in [0.5, 0.6) is 0 Å². The van der Waals surface area contributed by atoms with Crippen LogP contribution in [0.4, 0.5) is 0 Å². The topological polar surface area (TPSA) is 29.3 Å². The molecule has 1 heterocycles. The predicted molar refractivity (Wildman–Crippen MR) is 39.5 cm³/mol. The standard InChI is InChI=1S/C4H8N2S.ClH/c1-4-2-6(5)7-3-4;/h3H,2,5H2,1H3;1H. The van der Waals surface area contributed by atoms with Crippen LogP contribution < -0.4 is 5.84 Å². The van der Waals surface area contributed by atoms with E-state index in [2.05, 4.69) is 12.3 Å². The summed E-state index contributed by atoms with van der Waals surface area (Å²) in [7, 11) is 0. The summed E-state index contributed by atoms with van der Waals surface area (Å²) in [5.74, 6) is 5.37.